The van der Waals surface area contributed by atoms with Crippen LogP contribution in [-0.4, -0.2) is 101 Å². The van der Waals surface area contributed by atoms with E-state index in [1.165, 1.54) is 13.8 Å². The zero-order valence-electron chi connectivity index (χ0n) is 24.3. The van der Waals surface area contributed by atoms with Gasteiger partial charge in [-0.1, -0.05) is 13.2 Å². The number of carbonyl (C=O) groups excluding carboxylic acids is 2. The maximum Gasteiger partial charge on any atom is 0.332 e. The minimum Gasteiger partial charge on any atom is -0.428 e. The van der Waals surface area contributed by atoms with E-state index in [1.54, 1.807) is 7.11 Å². The molecule has 0 aliphatic carbocycles. The third kappa shape index (κ3) is 16.9. The minimum absolute atomic E-state index is 0.0769. The molecule has 0 aromatic rings. The van der Waals surface area contributed by atoms with E-state index in [-0.39, 0.29) is 50.8 Å². The third-order valence-electron chi connectivity index (χ3n) is 4.94. The molecule has 0 saturated carbocycles. The number of carbonyl (C=O) groups is 2. The zero-order valence-corrected chi connectivity index (χ0v) is 24.3. The van der Waals surface area contributed by atoms with E-state index in [9.17, 15) is 9.59 Å². The molecule has 0 radical (unpaired) electrons. The topological polar surface area (TPSA) is 117 Å². The quantitative estimate of drug-likeness (QED) is 0.106. The summed E-state index contributed by atoms with van der Waals surface area (Å²) in [7, 11) is 1.59. The van der Waals surface area contributed by atoms with Crippen LogP contribution in [0.3, 0.4) is 0 Å². The van der Waals surface area contributed by atoms with Crippen molar-refractivity contribution < 1.29 is 52.2 Å². The summed E-state index contributed by atoms with van der Waals surface area (Å²) >= 11 is 0. The lowest BCUT2D eigenvalue weighted by atomic mass is 10.3. The Morgan fingerprint density at radius 1 is 0.684 bits per heavy atom. The van der Waals surface area contributed by atoms with Crippen LogP contribution in [0.5, 0.6) is 0 Å². The highest BCUT2D eigenvalue weighted by Crippen LogP contribution is 2.22. The molecule has 0 N–H and O–H groups in total. The first-order chi connectivity index (χ1) is 17.8. The standard InChI is InChI=1S/C27H48O11/c1-11-24(28)37-26(8,18-34-22(6)16-32-20(4)14-30-10)36-19-27(9,38-25(29)12-2)35-17-23(7)33-15-21(5)31-13-3/h11-12,20-23H,1-2,13-19H2,3-10H3/t20-,21-,22-,23?,26+,27+/m1/s1. The molecule has 1 unspecified atom stereocenters. The van der Waals surface area contributed by atoms with Crippen molar-refractivity contribution in [1.29, 1.82) is 0 Å². The number of hydrogen-bond donors (Lipinski definition) is 0. The third-order valence-corrected chi connectivity index (χ3v) is 4.94. The summed E-state index contributed by atoms with van der Waals surface area (Å²) in [6, 6.07) is 0. The molecule has 0 aliphatic rings. The summed E-state index contributed by atoms with van der Waals surface area (Å²) in [5.41, 5.74) is 0. The molecule has 11 nitrogen and oxygen atoms in total. The number of ether oxygens (including phenoxy) is 9. The maximum atomic E-state index is 12.0. The molecule has 0 aliphatic heterocycles. The van der Waals surface area contributed by atoms with Gasteiger partial charge in [0.05, 0.1) is 50.8 Å². The second kappa shape index (κ2) is 19.2. The van der Waals surface area contributed by atoms with Gasteiger partial charge in [-0.05, 0) is 34.6 Å². The number of esters is 2. The van der Waals surface area contributed by atoms with E-state index in [2.05, 4.69) is 13.2 Å². The molecule has 11 heteroatoms. The predicted octanol–water partition coefficient (Wildman–Crippen LogP) is 3.20. The Kier molecular flexibility index (Phi) is 18.3. The lowest BCUT2D eigenvalue weighted by molar-refractivity contribution is -0.301. The SMILES string of the molecule is C=CC(=O)O[C@@](C)(CO[C@H](C)CO[C@H](C)COC)OC[C@@](C)(OCC(C)OC[C@@H](C)OCC)OC(=O)C=C. The summed E-state index contributed by atoms with van der Waals surface area (Å²) in [6.07, 6.45) is 1.14. The summed E-state index contributed by atoms with van der Waals surface area (Å²) in [4.78, 5) is 24.1. The van der Waals surface area contributed by atoms with Crippen LogP contribution in [0.2, 0.25) is 0 Å². The van der Waals surface area contributed by atoms with Gasteiger partial charge in [0.25, 0.3) is 0 Å². The molecule has 222 valence electrons. The highest BCUT2D eigenvalue weighted by atomic mass is 16.8. The van der Waals surface area contributed by atoms with Gasteiger partial charge in [-0.25, -0.2) is 9.59 Å². The van der Waals surface area contributed by atoms with Crippen molar-refractivity contribution in [3.05, 3.63) is 25.3 Å². The maximum absolute atomic E-state index is 12.0. The van der Waals surface area contributed by atoms with Crippen LogP contribution in [0.1, 0.15) is 48.5 Å². The van der Waals surface area contributed by atoms with Gasteiger partial charge in [0.2, 0.25) is 11.6 Å². The van der Waals surface area contributed by atoms with Gasteiger partial charge in [0, 0.05) is 39.7 Å². The van der Waals surface area contributed by atoms with Gasteiger partial charge in [-0.2, -0.15) is 0 Å². The van der Waals surface area contributed by atoms with Gasteiger partial charge in [0.1, 0.15) is 13.2 Å². The molecular formula is C27H48O11. The summed E-state index contributed by atoms with van der Waals surface area (Å²) in [6.45, 7) is 20.5. The van der Waals surface area contributed by atoms with Gasteiger partial charge in [-0.15, -0.1) is 0 Å². The van der Waals surface area contributed by atoms with Crippen LogP contribution < -0.4 is 0 Å². The highest BCUT2D eigenvalue weighted by Gasteiger charge is 2.38. The first-order valence-electron chi connectivity index (χ1n) is 12.8. The molecule has 0 aromatic heterocycles. The van der Waals surface area contributed by atoms with Crippen LogP contribution in [0.4, 0.5) is 0 Å². The van der Waals surface area contributed by atoms with Gasteiger partial charge >= 0.3 is 11.9 Å². The molecule has 0 bridgehead atoms. The fourth-order valence-electron chi connectivity index (χ4n) is 2.89. The summed E-state index contributed by atoms with van der Waals surface area (Å²) < 4.78 is 50.4. The Balaban J connectivity index is 5.27. The number of methoxy groups -OCH3 is 1. The highest BCUT2D eigenvalue weighted by molar-refractivity contribution is 5.81. The minimum atomic E-state index is -1.56. The summed E-state index contributed by atoms with van der Waals surface area (Å²) in [5, 5.41) is 0. The van der Waals surface area contributed by atoms with Crippen molar-refractivity contribution in [2.24, 2.45) is 0 Å². The summed E-state index contributed by atoms with van der Waals surface area (Å²) in [5.74, 6) is -4.55. The van der Waals surface area contributed by atoms with E-state index in [0.29, 0.717) is 19.8 Å². The molecule has 0 saturated heterocycles. The molecule has 0 spiro atoms. The van der Waals surface area contributed by atoms with Crippen molar-refractivity contribution in [3.63, 3.8) is 0 Å². The normalized spacial score (nSPS) is 17.8. The largest absolute Gasteiger partial charge is 0.428 e. The zero-order chi connectivity index (χ0) is 29.2. The first kappa shape index (κ1) is 36.1. The van der Waals surface area contributed by atoms with Crippen molar-refractivity contribution in [2.75, 3.05) is 53.4 Å². The second-order valence-electron chi connectivity index (χ2n) is 9.25. The average molecular weight is 549 g/mol. The Morgan fingerprint density at radius 2 is 1.13 bits per heavy atom. The van der Waals surface area contributed by atoms with Crippen LogP contribution in [0, 0.1) is 0 Å². The average Bonchev–Trinajstić information content (AvgIpc) is 2.87. The Hall–Kier alpha value is -1.86. The van der Waals surface area contributed by atoms with Crippen molar-refractivity contribution in [1.82, 2.24) is 0 Å². The Morgan fingerprint density at radius 3 is 1.61 bits per heavy atom. The lowest BCUT2D eigenvalue weighted by Crippen LogP contribution is -2.48. The molecule has 0 heterocycles. The van der Waals surface area contributed by atoms with E-state index in [0.717, 1.165) is 12.2 Å². The van der Waals surface area contributed by atoms with E-state index in [1.807, 2.05) is 34.6 Å². The van der Waals surface area contributed by atoms with Crippen LogP contribution in [0.15, 0.2) is 25.3 Å². The Labute approximate surface area is 227 Å². The van der Waals surface area contributed by atoms with Gasteiger partial charge in [0.15, 0.2) is 0 Å². The number of hydrogen-bond acceptors (Lipinski definition) is 11. The molecule has 0 aromatic carbocycles. The van der Waals surface area contributed by atoms with Crippen LogP contribution >= 0.6 is 0 Å². The van der Waals surface area contributed by atoms with Gasteiger partial charge < -0.3 is 42.6 Å². The van der Waals surface area contributed by atoms with Crippen LogP contribution in [0.25, 0.3) is 0 Å². The van der Waals surface area contributed by atoms with E-state index < -0.39 is 23.5 Å². The number of rotatable bonds is 23. The lowest BCUT2D eigenvalue weighted by Gasteiger charge is -2.35. The molecule has 0 amide bonds. The van der Waals surface area contributed by atoms with E-state index in [4.69, 9.17) is 42.6 Å². The fraction of sp³-hybridized carbons (Fsp3) is 0.778. The van der Waals surface area contributed by atoms with Crippen molar-refractivity contribution in [3.8, 4) is 0 Å². The smallest absolute Gasteiger partial charge is 0.332 e. The molecule has 0 fully saturated rings. The van der Waals surface area contributed by atoms with Gasteiger partial charge in [-0.3, -0.25) is 0 Å². The predicted molar refractivity (Wildman–Crippen MR) is 140 cm³/mol. The molecule has 6 atom stereocenters. The second-order valence-corrected chi connectivity index (χ2v) is 9.25. The molecular weight excluding hydrogens is 500 g/mol. The first-order valence-corrected chi connectivity index (χ1v) is 12.8. The van der Waals surface area contributed by atoms with E-state index >= 15 is 0 Å². The van der Waals surface area contributed by atoms with Crippen molar-refractivity contribution in [2.45, 2.75) is 84.5 Å². The van der Waals surface area contributed by atoms with Crippen molar-refractivity contribution >= 4 is 11.9 Å². The van der Waals surface area contributed by atoms with Crippen LogP contribution in [-0.2, 0) is 52.2 Å². The molecule has 38 heavy (non-hydrogen) atoms. The molecule has 0 rings (SSSR count). The monoisotopic (exact) mass is 548 g/mol. The fourth-order valence-corrected chi connectivity index (χ4v) is 2.89. The Bertz CT molecular complexity index is 643.